The fourth-order valence-electron chi connectivity index (χ4n) is 1.42. The molecule has 2 rings (SSSR count). The van der Waals surface area contributed by atoms with Crippen LogP contribution >= 0.6 is 0 Å². The van der Waals surface area contributed by atoms with Gasteiger partial charge in [-0.25, -0.2) is 0 Å². The standard InChI is InChI=1S/C12H13N3O3/c1-17-11-8-10(18-15-11)12(16)14-7-4-9-2-5-13-6-3-9/h2-3,5-6,8H,4,7H2,1H3,(H,14,16). The normalized spacial score (nSPS) is 10.1. The number of methoxy groups -OCH3 is 1. The van der Waals surface area contributed by atoms with Gasteiger partial charge in [-0.15, -0.1) is 0 Å². The molecular formula is C12H13N3O3. The maximum absolute atomic E-state index is 11.7. The molecule has 0 unspecified atom stereocenters. The zero-order valence-electron chi connectivity index (χ0n) is 9.92. The van der Waals surface area contributed by atoms with Crippen LogP contribution in [0.25, 0.3) is 0 Å². The van der Waals surface area contributed by atoms with Crippen molar-refractivity contribution in [2.24, 2.45) is 0 Å². The summed E-state index contributed by atoms with van der Waals surface area (Å²) in [5, 5.41) is 6.29. The lowest BCUT2D eigenvalue weighted by Gasteiger charge is -2.02. The number of hydrogen-bond acceptors (Lipinski definition) is 5. The van der Waals surface area contributed by atoms with Crippen LogP contribution in [0.2, 0.25) is 0 Å². The Morgan fingerprint density at radius 2 is 2.22 bits per heavy atom. The van der Waals surface area contributed by atoms with Gasteiger partial charge in [-0.2, -0.15) is 0 Å². The lowest BCUT2D eigenvalue weighted by Crippen LogP contribution is -2.25. The van der Waals surface area contributed by atoms with Crippen molar-refractivity contribution < 1.29 is 14.1 Å². The minimum atomic E-state index is -0.306. The third kappa shape index (κ3) is 3.07. The van der Waals surface area contributed by atoms with Gasteiger partial charge < -0.3 is 14.6 Å². The first-order valence-electron chi connectivity index (χ1n) is 5.47. The summed E-state index contributed by atoms with van der Waals surface area (Å²) in [4.78, 5) is 15.6. The number of pyridine rings is 1. The van der Waals surface area contributed by atoms with Gasteiger partial charge in [0.15, 0.2) is 0 Å². The van der Waals surface area contributed by atoms with E-state index < -0.39 is 0 Å². The van der Waals surface area contributed by atoms with Crippen molar-refractivity contribution in [2.75, 3.05) is 13.7 Å². The topological polar surface area (TPSA) is 77.2 Å². The molecule has 18 heavy (non-hydrogen) atoms. The van der Waals surface area contributed by atoms with Crippen LogP contribution in [0.15, 0.2) is 35.1 Å². The fourth-order valence-corrected chi connectivity index (χ4v) is 1.42. The maximum Gasteiger partial charge on any atom is 0.290 e. The Bertz CT molecular complexity index is 510. The molecule has 0 aromatic carbocycles. The number of amides is 1. The number of hydrogen-bond donors (Lipinski definition) is 1. The summed E-state index contributed by atoms with van der Waals surface area (Å²) in [6.07, 6.45) is 4.18. The predicted molar refractivity (Wildman–Crippen MR) is 63.3 cm³/mol. The molecule has 2 aromatic heterocycles. The summed E-state index contributed by atoms with van der Waals surface area (Å²) in [5.41, 5.74) is 1.11. The van der Waals surface area contributed by atoms with E-state index in [2.05, 4.69) is 15.5 Å². The minimum absolute atomic E-state index is 0.140. The Morgan fingerprint density at radius 1 is 1.44 bits per heavy atom. The Labute approximate surface area is 104 Å². The first-order chi connectivity index (χ1) is 8.79. The summed E-state index contributed by atoms with van der Waals surface area (Å²) in [5.74, 6) is 0.121. The maximum atomic E-state index is 11.7. The van der Waals surface area contributed by atoms with Crippen LogP contribution in [0.3, 0.4) is 0 Å². The fraction of sp³-hybridized carbons (Fsp3) is 0.250. The number of rotatable bonds is 5. The highest BCUT2D eigenvalue weighted by Crippen LogP contribution is 2.09. The summed E-state index contributed by atoms with van der Waals surface area (Å²) < 4.78 is 9.65. The highest BCUT2D eigenvalue weighted by atomic mass is 16.5. The Kier molecular flexibility index (Phi) is 3.90. The van der Waals surface area contributed by atoms with E-state index in [9.17, 15) is 4.79 Å². The van der Waals surface area contributed by atoms with Gasteiger partial charge in [0.2, 0.25) is 5.76 Å². The zero-order chi connectivity index (χ0) is 12.8. The second kappa shape index (κ2) is 5.81. The lowest BCUT2D eigenvalue weighted by atomic mass is 10.2. The van der Waals surface area contributed by atoms with E-state index in [0.29, 0.717) is 6.54 Å². The van der Waals surface area contributed by atoms with E-state index in [1.165, 1.54) is 13.2 Å². The molecule has 94 valence electrons. The van der Waals surface area contributed by atoms with Gasteiger partial charge in [-0.1, -0.05) is 0 Å². The minimum Gasteiger partial charge on any atom is -0.479 e. The van der Waals surface area contributed by atoms with E-state index >= 15 is 0 Å². The average Bonchev–Trinajstić information content (AvgIpc) is 2.89. The molecule has 0 aliphatic rings. The zero-order valence-corrected chi connectivity index (χ0v) is 9.92. The molecule has 0 saturated heterocycles. The van der Waals surface area contributed by atoms with Crippen LogP contribution in [-0.2, 0) is 6.42 Å². The van der Waals surface area contributed by atoms with Crippen LogP contribution in [0.4, 0.5) is 0 Å². The number of carbonyl (C=O) groups excluding carboxylic acids is 1. The molecule has 0 spiro atoms. The van der Waals surface area contributed by atoms with E-state index in [4.69, 9.17) is 9.26 Å². The predicted octanol–water partition coefficient (Wildman–Crippen LogP) is 1.05. The molecular weight excluding hydrogens is 234 g/mol. The number of nitrogens with zero attached hydrogens (tertiary/aromatic N) is 2. The summed E-state index contributed by atoms with van der Waals surface area (Å²) in [6.45, 7) is 0.520. The van der Waals surface area contributed by atoms with E-state index in [1.807, 2.05) is 12.1 Å². The smallest absolute Gasteiger partial charge is 0.290 e. The van der Waals surface area contributed by atoms with Gasteiger partial charge in [-0.05, 0) is 29.3 Å². The van der Waals surface area contributed by atoms with Gasteiger partial charge in [0, 0.05) is 18.9 Å². The first-order valence-corrected chi connectivity index (χ1v) is 5.47. The van der Waals surface area contributed by atoms with Gasteiger partial charge in [0.05, 0.1) is 13.2 Å². The Balaban J connectivity index is 1.81. The number of nitrogens with one attached hydrogen (secondary N) is 1. The van der Waals surface area contributed by atoms with Crippen LogP contribution in [0.1, 0.15) is 16.1 Å². The van der Waals surface area contributed by atoms with Crippen molar-refractivity contribution in [2.45, 2.75) is 6.42 Å². The van der Waals surface area contributed by atoms with E-state index in [-0.39, 0.29) is 17.5 Å². The molecule has 6 heteroatoms. The molecule has 0 aliphatic carbocycles. The van der Waals surface area contributed by atoms with Gasteiger partial charge in [0.1, 0.15) is 0 Å². The van der Waals surface area contributed by atoms with Crippen molar-refractivity contribution in [3.8, 4) is 5.88 Å². The quantitative estimate of drug-likeness (QED) is 0.854. The van der Waals surface area contributed by atoms with Gasteiger partial charge in [-0.3, -0.25) is 9.78 Å². The molecule has 0 saturated carbocycles. The van der Waals surface area contributed by atoms with Crippen molar-refractivity contribution >= 4 is 5.91 Å². The van der Waals surface area contributed by atoms with E-state index in [1.54, 1.807) is 12.4 Å². The van der Waals surface area contributed by atoms with Crippen molar-refractivity contribution in [3.05, 3.63) is 41.9 Å². The van der Waals surface area contributed by atoms with Crippen LogP contribution in [0.5, 0.6) is 5.88 Å². The highest BCUT2D eigenvalue weighted by molar-refractivity contribution is 5.91. The third-order valence-corrected chi connectivity index (χ3v) is 2.37. The molecule has 2 aromatic rings. The SMILES string of the molecule is COc1cc(C(=O)NCCc2ccncc2)on1. The van der Waals surface area contributed by atoms with Crippen LogP contribution in [-0.4, -0.2) is 29.7 Å². The summed E-state index contributed by atoms with van der Waals surface area (Å²) in [6, 6.07) is 5.26. The lowest BCUT2D eigenvalue weighted by molar-refractivity contribution is 0.0917. The van der Waals surface area contributed by atoms with Crippen molar-refractivity contribution in [3.63, 3.8) is 0 Å². The van der Waals surface area contributed by atoms with Crippen molar-refractivity contribution in [1.82, 2.24) is 15.5 Å². The molecule has 0 atom stereocenters. The van der Waals surface area contributed by atoms with Gasteiger partial charge >= 0.3 is 0 Å². The summed E-state index contributed by atoms with van der Waals surface area (Å²) >= 11 is 0. The second-order valence-corrected chi connectivity index (χ2v) is 3.59. The molecule has 0 bridgehead atoms. The molecule has 1 N–H and O–H groups in total. The Hall–Kier alpha value is -2.37. The number of aromatic nitrogens is 2. The highest BCUT2D eigenvalue weighted by Gasteiger charge is 2.12. The molecule has 0 aliphatic heterocycles. The van der Waals surface area contributed by atoms with Crippen LogP contribution in [0, 0.1) is 0 Å². The largest absolute Gasteiger partial charge is 0.479 e. The molecule has 2 heterocycles. The Morgan fingerprint density at radius 3 is 2.89 bits per heavy atom. The number of carbonyl (C=O) groups is 1. The number of ether oxygens (including phenoxy) is 1. The molecule has 0 radical (unpaired) electrons. The second-order valence-electron chi connectivity index (χ2n) is 3.59. The average molecular weight is 247 g/mol. The summed E-state index contributed by atoms with van der Waals surface area (Å²) in [7, 11) is 1.46. The molecule has 0 fully saturated rings. The van der Waals surface area contributed by atoms with Crippen LogP contribution < -0.4 is 10.1 Å². The monoisotopic (exact) mass is 247 g/mol. The van der Waals surface area contributed by atoms with Gasteiger partial charge in [0.25, 0.3) is 11.8 Å². The van der Waals surface area contributed by atoms with E-state index in [0.717, 1.165) is 12.0 Å². The first kappa shape index (κ1) is 12.1. The molecule has 1 amide bonds. The molecule has 6 nitrogen and oxygen atoms in total. The van der Waals surface area contributed by atoms with Crippen molar-refractivity contribution in [1.29, 1.82) is 0 Å². The third-order valence-electron chi connectivity index (χ3n) is 2.37.